The maximum absolute atomic E-state index is 12.6. The van der Waals surface area contributed by atoms with Gasteiger partial charge in [-0.1, -0.05) is 11.6 Å². The first-order chi connectivity index (χ1) is 14.9. The Hall–Kier alpha value is -3.26. The monoisotopic (exact) mass is 445 g/mol. The van der Waals surface area contributed by atoms with Gasteiger partial charge in [0.2, 0.25) is 5.82 Å². The normalized spacial score (nSPS) is 11.6. The van der Waals surface area contributed by atoms with Gasteiger partial charge in [0.1, 0.15) is 5.75 Å². The van der Waals surface area contributed by atoms with E-state index in [-0.39, 0.29) is 5.82 Å². The van der Waals surface area contributed by atoms with E-state index in [1.165, 1.54) is 0 Å². The van der Waals surface area contributed by atoms with Gasteiger partial charge in [-0.15, -0.1) is 0 Å². The minimum atomic E-state index is -0.788. The smallest absolute Gasteiger partial charge is 0.266 e. The van der Waals surface area contributed by atoms with Crippen LogP contribution in [0.4, 0.5) is 5.82 Å². The van der Waals surface area contributed by atoms with Crippen LogP contribution in [0.5, 0.6) is 17.2 Å². The number of nitrogens with zero attached hydrogens (tertiary/aromatic N) is 2. The third kappa shape index (κ3) is 5.46. The molecule has 164 valence electrons. The summed E-state index contributed by atoms with van der Waals surface area (Å²) < 4.78 is 21.8. The summed E-state index contributed by atoms with van der Waals surface area (Å²) in [5.74, 6) is 1.50. The molecule has 0 spiro atoms. The fourth-order valence-corrected chi connectivity index (χ4v) is 2.94. The van der Waals surface area contributed by atoms with E-state index in [1.807, 2.05) is 20.8 Å². The van der Waals surface area contributed by atoms with Crippen molar-refractivity contribution in [3.05, 3.63) is 47.0 Å². The highest BCUT2D eigenvalue weighted by atomic mass is 35.5. The number of aromatic nitrogens is 2. The molecule has 1 heterocycles. The number of benzene rings is 2. The van der Waals surface area contributed by atoms with Crippen LogP contribution in [0.15, 0.2) is 41.0 Å². The van der Waals surface area contributed by atoms with Gasteiger partial charge >= 0.3 is 0 Å². The summed E-state index contributed by atoms with van der Waals surface area (Å²) in [7, 11) is 0. The lowest BCUT2D eigenvalue weighted by molar-refractivity contribution is -0.122. The van der Waals surface area contributed by atoms with Crippen LogP contribution in [-0.4, -0.2) is 35.5 Å². The van der Waals surface area contributed by atoms with Crippen LogP contribution < -0.4 is 19.5 Å². The van der Waals surface area contributed by atoms with Gasteiger partial charge in [-0.2, -0.15) is 0 Å². The van der Waals surface area contributed by atoms with Crippen molar-refractivity contribution in [2.24, 2.45) is 0 Å². The molecule has 0 aliphatic rings. The highest BCUT2D eigenvalue weighted by Crippen LogP contribution is 2.34. The van der Waals surface area contributed by atoms with Gasteiger partial charge in [-0.05, 0) is 80.0 Å². The Kier molecular flexibility index (Phi) is 7.36. The van der Waals surface area contributed by atoms with Crippen molar-refractivity contribution in [2.75, 3.05) is 18.5 Å². The third-order valence-electron chi connectivity index (χ3n) is 4.36. The first-order valence-corrected chi connectivity index (χ1v) is 10.3. The molecular formula is C22H24ClN3O5. The van der Waals surface area contributed by atoms with Crippen LogP contribution in [0.2, 0.25) is 5.02 Å². The number of hydrogen-bond acceptors (Lipinski definition) is 7. The molecule has 1 atom stereocenters. The van der Waals surface area contributed by atoms with Gasteiger partial charge in [0.25, 0.3) is 5.91 Å². The summed E-state index contributed by atoms with van der Waals surface area (Å²) in [4.78, 5) is 12.6. The van der Waals surface area contributed by atoms with Crippen LogP contribution in [0.3, 0.4) is 0 Å². The van der Waals surface area contributed by atoms with Crippen LogP contribution in [0.1, 0.15) is 26.3 Å². The summed E-state index contributed by atoms with van der Waals surface area (Å²) in [6, 6.07) is 10.5. The second-order valence-electron chi connectivity index (χ2n) is 6.65. The fraction of sp³-hybridized carbons (Fsp3) is 0.318. The quantitative estimate of drug-likeness (QED) is 0.500. The van der Waals surface area contributed by atoms with Crippen molar-refractivity contribution in [2.45, 2.75) is 33.8 Å². The van der Waals surface area contributed by atoms with E-state index in [4.69, 9.17) is 30.4 Å². The average molecular weight is 446 g/mol. The highest BCUT2D eigenvalue weighted by Gasteiger charge is 2.21. The maximum Gasteiger partial charge on any atom is 0.266 e. The van der Waals surface area contributed by atoms with Crippen molar-refractivity contribution in [3.8, 4) is 28.5 Å². The summed E-state index contributed by atoms with van der Waals surface area (Å²) in [6.45, 7) is 8.26. The van der Waals surface area contributed by atoms with Crippen molar-refractivity contribution >= 4 is 23.3 Å². The van der Waals surface area contributed by atoms with Gasteiger partial charge in [-0.3, -0.25) is 4.79 Å². The predicted octanol–water partition coefficient (Wildman–Crippen LogP) is 4.90. The average Bonchev–Trinajstić information content (AvgIpc) is 3.20. The molecule has 1 N–H and O–H groups in total. The number of carbonyl (C=O) groups excluding carboxylic acids is 1. The molecule has 0 bridgehead atoms. The number of rotatable bonds is 9. The number of halogens is 1. The highest BCUT2D eigenvalue weighted by molar-refractivity contribution is 6.31. The fourth-order valence-electron chi connectivity index (χ4n) is 2.82. The third-order valence-corrected chi connectivity index (χ3v) is 4.78. The van der Waals surface area contributed by atoms with Crippen molar-refractivity contribution < 1.29 is 23.6 Å². The number of carbonyl (C=O) groups is 1. The van der Waals surface area contributed by atoms with Crippen LogP contribution >= 0.6 is 11.6 Å². The lowest BCUT2D eigenvalue weighted by atomic mass is 10.1. The number of hydrogen-bond donors (Lipinski definition) is 1. The van der Waals surface area contributed by atoms with Crippen LogP contribution in [0, 0.1) is 6.92 Å². The molecule has 0 saturated carbocycles. The SMILES string of the molecule is CCOc1ccc(-c2nonc2NC(=O)[C@@H](C)Oc2ccc(Cl)c(C)c2)cc1OCC. The zero-order chi connectivity index (χ0) is 22.4. The van der Waals surface area contributed by atoms with Crippen molar-refractivity contribution in [1.82, 2.24) is 10.3 Å². The molecule has 0 saturated heterocycles. The standard InChI is InChI=1S/C22H24ClN3O5/c1-5-28-18-10-7-15(12-19(18)29-6-2)20-21(26-31-25-20)24-22(27)14(4)30-16-8-9-17(23)13(3)11-16/h7-12,14H,5-6H2,1-4H3,(H,24,26,27)/t14-/m1/s1. The summed E-state index contributed by atoms with van der Waals surface area (Å²) in [6.07, 6.45) is -0.788. The Balaban J connectivity index is 1.76. The van der Waals surface area contributed by atoms with Crippen molar-refractivity contribution in [3.63, 3.8) is 0 Å². The Bertz CT molecular complexity index is 1050. The zero-order valence-electron chi connectivity index (χ0n) is 17.8. The minimum Gasteiger partial charge on any atom is -0.490 e. The molecule has 8 nitrogen and oxygen atoms in total. The summed E-state index contributed by atoms with van der Waals surface area (Å²) >= 11 is 6.03. The Morgan fingerprint density at radius 2 is 1.84 bits per heavy atom. The predicted molar refractivity (Wildman–Crippen MR) is 117 cm³/mol. The number of aryl methyl sites for hydroxylation is 1. The first kappa shape index (κ1) is 22.4. The molecule has 0 unspecified atom stereocenters. The molecule has 1 aromatic heterocycles. The van der Waals surface area contributed by atoms with Gasteiger partial charge in [0.05, 0.1) is 13.2 Å². The summed E-state index contributed by atoms with van der Waals surface area (Å²) in [5.41, 5.74) is 1.88. The van der Waals surface area contributed by atoms with Crippen LogP contribution in [-0.2, 0) is 4.79 Å². The second-order valence-corrected chi connectivity index (χ2v) is 7.06. The molecule has 31 heavy (non-hydrogen) atoms. The zero-order valence-corrected chi connectivity index (χ0v) is 18.5. The molecular weight excluding hydrogens is 422 g/mol. The van der Waals surface area contributed by atoms with E-state index in [9.17, 15) is 4.79 Å². The lowest BCUT2D eigenvalue weighted by Crippen LogP contribution is -2.30. The van der Waals surface area contributed by atoms with E-state index in [2.05, 4.69) is 15.6 Å². The molecule has 3 aromatic rings. The minimum absolute atomic E-state index is 0.180. The van der Waals surface area contributed by atoms with E-state index < -0.39 is 12.0 Å². The molecule has 0 aliphatic heterocycles. The van der Waals surface area contributed by atoms with E-state index in [0.29, 0.717) is 46.7 Å². The topological polar surface area (TPSA) is 95.7 Å². The van der Waals surface area contributed by atoms with Gasteiger partial charge in [-0.25, -0.2) is 4.63 Å². The van der Waals surface area contributed by atoms with E-state index in [0.717, 1.165) is 5.56 Å². The molecule has 9 heteroatoms. The molecule has 2 aromatic carbocycles. The van der Waals surface area contributed by atoms with Gasteiger partial charge in [0, 0.05) is 10.6 Å². The van der Waals surface area contributed by atoms with Gasteiger partial charge < -0.3 is 19.5 Å². The number of nitrogens with one attached hydrogen (secondary N) is 1. The molecule has 0 radical (unpaired) electrons. The number of ether oxygens (including phenoxy) is 3. The number of anilines is 1. The first-order valence-electron chi connectivity index (χ1n) is 9.89. The molecule has 3 rings (SSSR count). The van der Waals surface area contributed by atoms with Gasteiger partial charge in [0.15, 0.2) is 23.3 Å². The van der Waals surface area contributed by atoms with E-state index in [1.54, 1.807) is 43.3 Å². The molecule has 0 fully saturated rings. The largest absolute Gasteiger partial charge is 0.490 e. The lowest BCUT2D eigenvalue weighted by Gasteiger charge is -2.15. The number of amides is 1. The maximum atomic E-state index is 12.6. The molecule has 0 aliphatic carbocycles. The second kappa shape index (κ2) is 10.2. The van der Waals surface area contributed by atoms with E-state index >= 15 is 0 Å². The van der Waals surface area contributed by atoms with Crippen molar-refractivity contribution in [1.29, 1.82) is 0 Å². The Morgan fingerprint density at radius 3 is 2.55 bits per heavy atom. The summed E-state index contributed by atoms with van der Waals surface area (Å²) in [5, 5.41) is 11.1. The Labute approximate surface area is 185 Å². The Morgan fingerprint density at radius 1 is 1.10 bits per heavy atom. The molecule has 1 amide bonds. The van der Waals surface area contributed by atoms with Crippen LogP contribution in [0.25, 0.3) is 11.3 Å².